The Kier molecular flexibility index (Phi) is 4.70. The highest BCUT2D eigenvalue weighted by molar-refractivity contribution is 5.95. The van der Waals surface area contributed by atoms with E-state index in [-0.39, 0.29) is 18.0 Å². The van der Waals surface area contributed by atoms with Crippen LogP contribution in [0.25, 0.3) is 0 Å². The molecule has 0 spiro atoms. The third kappa shape index (κ3) is 2.49. The standard InChI is InChI=1S/C19H23N3O6/c1-7-28-17(24)19(2)13-11(8-10(26-5)9-12(13)27-6)20-15-14(19)16(23)22(4)18(25)21(15)3/h8-9,20H,7H2,1-6H3. The number of nitrogens with one attached hydrogen (secondary N) is 1. The molecule has 3 rings (SSSR count). The predicted molar refractivity (Wildman–Crippen MR) is 103 cm³/mol. The molecule has 1 aromatic carbocycles. The van der Waals surface area contributed by atoms with Crippen LogP contribution in [0.15, 0.2) is 21.7 Å². The molecule has 0 saturated heterocycles. The molecule has 9 heteroatoms. The first kappa shape index (κ1) is 19.5. The number of aromatic nitrogens is 2. The molecule has 28 heavy (non-hydrogen) atoms. The summed E-state index contributed by atoms with van der Waals surface area (Å²) in [4.78, 5) is 38.7. The van der Waals surface area contributed by atoms with Gasteiger partial charge in [0.05, 0.1) is 32.1 Å². The maximum absolute atomic E-state index is 13.2. The molecule has 150 valence electrons. The number of fused-ring (bicyclic) bond motifs is 2. The zero-order valence-corrected chi connectivity index (χ0v) is 16.7. The van der Waals surface area contributed by atoms with Gasteiger partial charge in [0.15, 0.2) is 0 Å². The number of carbonyl (C=O) groups is 1. The molecule has 1 aliphatic heterocycles. The predicted octanol–water partition coefficient (Wildman–Crippen LogP) is 1.03. The summed E-state index contributed by atoms with van der Waals surface area (Å²) in [6.07, 6.45) is 0. The van der Waals surface area contributed by atoms with Gasteiger partial charge in [-0.05, 0) is 13.8 Å². The Morgan fingerprint density at radius 2 is 1.79 bits per heavy atom. The summed E-state index contributed by atoms with van der Waals surface area (Å²) >= 11 is 0. The Labute approximate surface area is 161 Å². The quantitative estimate of drug-likeness (QED) is 0.780. The summed E-state index contributed by atoms with van der Waals surface area (Å²) in [7, 11) is 5.88. The van der Waals surface area contributed by atoms with E-state index in [9.17, 15) is 14.4 Å². The lowest BCUT2D eigenvalue weighted by Crippen LogP contribution is -2.50. The first-order valence-corrected chi connectivity index (χ1v) is 8.73. The fourth-order valence-electron chi connectivity index (χ4n) is 3.66. The van der Waals surface area contributed by atoms with Crippen LogP contribution >= 0.6 is 0 Å². The summed E-state index contributed by atoms with van der Waals surface area (Å²) < 4.78 is 18.4. The van der Waals surface area contributed by atoms with Crippen molar-refractivity contribution >= 4 is 17.5 Å². The van der Waals surface area contributed by atoms with E-state index in [1.165, 1.54) is 32.9 Å². The number of rotatable bonds is 4. The second-order valence-electron chi connectivity index (χ2n) is 6.65. The number of methoxy groups -OCH3 is 2. The summed E-state index contributed by atoms with van der Waals surface area (Å²) in [6, 6.07) is 3.32. The monoisotopic (exact) mass is 389 g/mol. The number of esters is 1. The van der Waals surface area contributed by atoms with Gasteiger partial charge in [-0.3, -0.25) is 18.7 Å². The van der Waals surface area contributed by atoms with Crippen LogP contribution in [0.1, 0.15) is 25.0 Å². The number of benzene rings is 1. The van der Waals surface area contributed by atoms with Crippen LogP contribution in [-0.4, -0.2) is 35.9 Å². The van der Waals surface area contributed by atoms with Crippen LogP contribution in [0.5, 0.6) is 11.5 Å². The minimum absolute atomic E-state index is 0.117. The molecular formula is C19H23N3O6. The zero-order chi connectivity index (χ0) is 20.8. The van der Waals surface area contributed by atoms with Gasteiger partial charge in [0.25, 0.3) is 5.56 Å². The lowest BCUT2D eigenvalue weighted by Gasteiger charge is -2.37. The van der Waals surface area contributed by atoms with Gasteiger partial charge in [0.1, 0.15) is 22.7 Å². The summed E-state index contributed by atoms with van der Waals surface area (Å²) in [6.45, 7) is 3.43. The van der Waals surface area contributed by atoms with Crippen LogP contribution in [0, 0.1) is 0 Å². The van der Waals surface area contributed by atoms with Crippen molar-refractivity contribution in [1.29, 1.82) is 0 Å². The number of ether oxygens (including phenoxy) is 3. The number of hydrogen-bond donors (Lipinski definition) is 1. The van der Waals surface area contributed by atoms with Gasteiger partial charge in [-0.25, -0.2) is 4.79 Å². The van der Waals surface area contributed by atoms with E-state index < -0.39 is 22.6 Å². The van der Waals surface area contributed by atoms with Crippen molar-refractivity contribution in [2.75, 3.05) is 26.1 Å². The van der Waals surface area contributed by atoms with Gasteiger partial charge in [-0.2, -0.15) is 0 Å². The Bertz CT molecular complexity index is 1080. The molecule has 1 aromatic heterocycles. The lowest BCUT2D eigenvalue weighted by molar-refractivity contribution is -0.148. The van der Waals surface area contributed by atoms with Crippen molar-refractivity contribution in [2.45, 2.75) is 19.3 Å². The Morgan fingerprint density at radius 1 is 1.11 bits per heavy atom. The number of hydrogen-bond acceptors (Lipinski definition) is 7. The smallest absolute Gasteiger partial charge is 0.332 e. The molecule has 1 unspecified atom stereocenters. The third-order valence-electron chi connectivity index (χ3n) is 5.13. The molecule has 2 aromatic rings. The average Bonchev–Trinajstić information content (AvgIpc) is 2.69. The van der Waals surface area contributed by atoms with E-state index in [4.69, 9.17) is 14.2 Å². The van der Waals surface area contributed by atoms with E-state index in [1.54, 1.807) is 26.0 Å². The van der Waals surface area contributed by atoms with Gasteiger partial charge in [0, 0.05) is 31.8 Å². The van der Waals surface area contributed by atoms with Crippen LogP contribution in [-0.2, 0) is 29.0 Å². The van der Waals surface area contributed by atoms with Crippen LogP contribution in [0.4, 0.5) is 11.5 Å². The molecule has 0 fully saturated rings. The summed E-state index contributed by atoms with van der Waals surface area (Å²) in [5, 5.41) is 3.10. The fourth-order valence-corrected chi connectivity index (χ4v) is 3.66. The molecule has 0 radical (unpaired) electrons. The summed E-state index contributed by atoms with van der Waals surface area (Å²) in [5.74, 6) is 0.468. The van der Waals surface area contributed by atoms with Crippen LogP contribution in [0.2, 0.25) is 0 Å². The number of anilines is 2. The highest BCUT2D eigenvalue weighted by Crippen LogP contribution is 2.50. The van der Waals surface area contributed by atoms with Crippen molar-refractivity contribution in [3.63, 3.8) is 0 Å². The molecule has 1 N–H and O–H groups in total. The molecular weight excluding hydrogens is 366 g/mol. The van der Waals surface area contributed by atoms with E-state index in [0.29, 0.717) is 22.7 Å². The number of nitrogens with zero attached hydrogens (tertiary/aromatic N) is 2. The largest absolute Gasteiger partial charge is 0.497 e. The van der Waals surface area contributed by atoms with Crippen molar-refractivity contribution in [1.82, 2.24) is 9.13 Å². The molecule has 1 atom stereocenters. The average molecular weight is 389 g/mol. The van der Waals surface area contributed by atoms with Gasteiger partial charge in [0.2, 0.25) is 0 Å². The second-order valence-corrected chi connectivity index (χ2v) is 6.65. The van der Waals surface area contributed by atoms with E-state index in [1.807, 2.05) is 0 Å². The normalized spacial score (nSPS) is 17.2. The zero-order valence-electron chi connectivity index (χ0n) is 16.7. The Hall–Kier alpha value is -3.23. The molecule has 0 bridgehead atoms. The Balaban J connectivity index is 2.51. The molecule has 0 amide bonds. The minimum atomic E-state index is -1.50. The van der Waals surface area contributed by atoms with E-state index >= 15 is 0 Å². The second kappa shape index (κ2) is 6.74. The highest BCUT2D eigenvalue weighted by Gasteiger charge is 2.50. The van der Waals surface area contributed by atoms with Crippen molar-refractivity contribution in [3.05, 3.63) is 44.1 Å². The molecule has 0 saturated carbocycles. The van der Waals surface area contributed by atoms with Crippen LogP contribution < -0.4 is 26.0 Å². The van der Waals surface area contributed by atoms with Gasteiger partial charge in [-0.1, -0.05) is 0 Å². The lowest BCUT2D eigenvalue weighted by atomic mass is 9.73. The van der Waals surface area contributed by atoms with Crippen molar-refractivity contribution < 1.29 is 19.0 Å². The van der Waals surface area contributed by atoms with Gasteiger partial charge in [-0.15, -0.1) is 0 Å². The highest BCUT2D eigenvalue weighted by atomic mass is 16.5. The molecule has 1 aliphatic rings. The van der Waals surface area contributed by atoms with Gasteiger partial charge >= 0.3 is 11.7 Å². The third-order valence-corrected chi connectivity index (χ3v) is 5.13. The molecule has 9 nitrogen and oxygen atoms in total. The van der Waals surface area contributed by atoms with Crippen LogP contribution in [0.3, 0.4) is 0 Å². The maximum atomic E-state index is 13.2. The van der Waals surface area contributed by atoms with Crippen molar-refractivity contribution in [2.24, 2.45) is 14.1 Å². The van der Waals surface area contributed by atoms with E-state index in [2.05, 4.69) is 5.32 Å². The molecule has 2 heterocycles. The van der Waals surface area contributed by atoms with Gasteiger partial charge < -0.3 is 19.5 Å². The Morgan fingerprint density at radius 3 is 2.36 bits per heavy atom. The first-order chi connectivity index (χ1) is 13.2. The number of carbonyl (C=O) groups excluding carboxylic acids is 1. The maximum Gasteiger partial charge on any atom is 0.332 e. The minimum Gasteiger partial charge on any atom is -0.497 e. The summed E-state index contributed by atoms with van der Waals surface area (Å²) in [5.41, 5.74) is -1.54. The fraction of sp³-hybridized carbons (Fsp3) is 0.421. The molecule has 0 aliphatic carbocycles. The topological polar surface area (TPSA) is 101 Å². The first-order valence-electron chi connectivity index (χ1n) is 8.73. The van der Waals surface area contributed by atoms with Crippen molar-refractivity contribution in [3.8, 4) is 11.5 Å². The van der Waals surface area contributed by atoms with E-state index in [0.717, 1.165) is 4.57 Å². The SMILES string of the molecule is CCOC(=O)C1(C)c2c(cc(OC)cc2OC)Nc2c1c(=O)n(C)c(=O)n2C.